The number of esters is 1. The maximum Gasteiger partial charge on any atom is 0.351 e. The zero-order valence-electron chi connectivity index (χ0n) is 13.9. The summed E-state index contributed by atoms with van der Waals surface area (Å²) in [5.74, 6) is -0.353. The van der Waals surface area contributed by atoms with Gasteiger partial charge in [0.25, 0.3) is 0 Å². The zero-order chi connectivity index (χ0) is 18.3. The molecule has 26 heavy (non-hydrogen) atoms. The van der Waals surface area contributed by atoms with Crippen LogP contribution >= 0.6 is 0 Å². The van der Waals surface area contributed by atoms with Crippen molar-refractivity contribution in [3.05, 3.63) is 70.1 Å². The summed E-state index contributed by atoms with van der Waals surface area (Å²) in [7, 11) is 1.30. The standard InChI is InChI=1S/C18H15N5O3/c1-26-17(24)12-7-8-13-14(9-12)23-16(15(19)20-13)21-22(18(23)25)10-11-5-3-2-4-6-11/h2-9H,10H2,1H3,(H2,19,20). The molecule has 0 spiro atoms. The number of aromatic nitrogens is 4. The highest BCUT2D eigenvalue weighted by Crippen LogP contribution is 2.19. The molecule has 4 aromatic rings. The van der Waals surface area contributed by atoms with Crippen LogP contribution in [0.15, 0.2) is 53.3 Å². The first-order valence-corrected chi connectivity index (χ1v) is 7.89. The molecule has 8 heteroatoms. The number of anilines is 1. The fraction of sp³-hybridized carbons (Fsp3) is 0.111. The molecule has 0 atom stereocenters. The Hall–Kier alpha value is -3.68. The molecule has 0 aliphatic rings. The molecular weight excluding hydrogens is 334 g/mol. The first-order valence-electron chi connectivity index (χ1n) is 7.89. The van der Waals surface area contributed by atoms with Crippen LogP contribution in [0.25, 0.3) is 16.7 Å². The average Bonchev–Trinajstić information content (AvgIpc) is 2.99. The number of carbonyl (C=O) groups is 1. The number of carbonyl (C=O) groups excluding carboxylic acids is 1. The number of hydrogen-bond acceptors (Lipinski definition) is 6. The van der Waals surface area contributed by atoms with E-state index in [1.807, 2.05) is 30.3 Å². The summed E-state index contributed by atoms with van der Waals surface area (Å²) >= 11 is 0. The normalized spacial score (nSPS) is 11.1. The van der Waals surface area contributed by atoms with Crippen LogP contribution in [-0.4, -0.2) is 32.2 Å². The van der Waals surface area contributed by atoms with E-state index in [-0.39, 0.29) is 17.2 Å². The largest absolute Gasteiger partial charge is 0.465 e. The van der Waals surface area contributed by atoms with Gasteiger partial charge in [-0.25, -0.2) is 23.7 Å². The predicted octanol–water partition coefficient (Wildman–Crippen LogP) is 1.46. The molecule has 0 radical (unpaired) electrons. The first-order chi connectivity index (χ1) is 12.6. The second-order valence-electron chi connectivity index (χ2n) is 5.78. The third-order valence-corrected chi connectivity index (χ3v) is 4.12. The molecule has 2 aromatic carbocycles. The number of methoxy groups -OCH3 is 1. The van der Waals surface area contributed by atoms with E-state index in [0.717, 1.165) is 5.56 Å². The van der Waals surface area contributed by atoms with Crippen molar-refractivity contribution in [3.63, 3.8) is 0 Å². The molecule has 0 amide bonds. The molecule has 0 aliphatic carbocycles. The lowest BCUT2D eigenvalue weighted by atomic mass is 10.2. The van der Waals surface area contributed by atoms with Crippen LogP contribution in [0.3, 0.4) is 0 Å². The van der Waals surface area contributed by atoms with Crippen molar-refractivity contribution in [1.29, 1.82) is 0 Å². The van der Waals surface area contributed by atoms with Crippen molar-refractivity contribution in [1.82, 2.24) is 19.2 Å². The van der Waals surface area contributed by atoms with Gasteiger partial charge in [0.15, 0.2) is 5.82 Å². The zero-order valence-corrected chi connectivity index (χ0v) is 13.9. The fourth-order valence-electron chi connectivity index (χ4n) is 2.87. The average molecular weight is 349 g/mol. The Balaban J connectivity index is 1.96. The smallest absolute Gasteiger partial charge is 0.351 e. The molecular formula is C18H15N5O3. The van der Waals surface area contributed by atoms with Crippen molar-refractivity contribution < 1.29 is 9.53 Å². The molecule has 4 rings (SSSR count). The van der Waals surface area contributed by atoms with Crippen LogP contribution in [-0.2, 0) is 11.3 Å². The summed E-state index contributed by atoms with van der Waals surface area (Å²) in [6, 6.07) is 14.3. The van der Waals surface area contributed by atoms with E-state index < -0.39 is 5.97 Å². The van der Waals surface area contributed by atoms with Crippen LogP contribution in [0.4, 0.5) is 5.82 Å². The van der Waals surface area contributed by atoms with Crippen molar-refractivity contribution >= 4 is 28.5 Å². The van der Waals surface area contributed by atoms with Gasteiger partial charge in [0.1, 0.15) is 0 Å². The third kappa shape index (κ3) is 2.48. The summed E-state index contributed by atoms with van der Waals surface area (Å²) < 4.78 is 7.44. The number of rotatable bonds is 3. The van der Waals surface area contributed by atoms with E-state index in [1.165, 1.54) is 16.2 Å². The number of ether oxygens (including phenoxy) is 1. The Morgan fingerprint density at radius 2 is 1.96 bits per heavy atom. The number of nitrogens with two attached hydrogens (primary N) is 1. The highest BCUT2D eigenvalue weighted by atomic mass is 16.5. The Labute approximate surface area is 147 Å². The van der Waals surface area contributed by atoms with E-state index in [0.29, 0.717) is 23.1 Å². The van der Waals surface area contributed by atoms with Gasteiger partial charge in [0.05, 0.1) is 30.3 Å². The molecule has 0 fully saturated rings. The highest BCUT2D eigenvalue weighted by Gasteiger charge is 2.16. The van der Waals surface area contributed by atoms with Crippen molar-refractivity contribution in [2.75, 3.05) is 12.8 Å². The lowest BCUT2D eigenvalue weighted by Gasteiger charge is -2.04. The summed E-state index contributed by atoms with van der Waals surface area (Å²) in [6.45, 7) is 0.305. The number of nitrogen functional groups attached to an aromatic ring is 1. The number of benzene rings is 2. The van der Waals surface area contributed by atoms with Crippen LogP contribution < -0.4 is 11.4 Å². The summed E-state index contributed by atoms with van der Waals surface area (Å²) in [4.78, 5) is 29.0. The molecule has 0 bridgehead atoms. The molecule has 2 aromatic heterocycles. The van der Waals surface area contributed by atoms with Crippen LogP contribution in [0.2, 0.25) is 0 Å². The SMILES string of the molecule is COC(=O)c1ccc2nc(N)c3nn(Cc4ccccc4)c(=O)n3c2c1. The summed E-state index contributed by atoms with van der Waals surface area (Å²) in [5.41, 5.74) is 8.06. The van der Waals surface area contributed by atoms with E-state index in [4.69, 9.17) is 10.5 Å². The molecule has 2 N–H and O–H groups in total. The molecule has 8 nitrogen and oxygen atoms in total. The molecule has 0 unspecified atom stereocenters. The van der Waals surface area contributed by atoms with Crippen molar-refractivity contribution in [2.45, 2.75) is 6.54 Å². The maximum atomic E-state index is 12.9. The van der Waals surface area contributed by atoms with Crippen LogP contribution in [0, 0.1) is 0 Å². The maximum absolute atomic E-state index is 12.9. The van der Waals surface area contributed by atoms with Gasteiger partial charge < -0.3 is 10.5 Å². The van der Waals surface area contributed by atoms with Gasteiger partial charge in [-0.3, -0.25) is 0 Å². The third-order valence-electron chi connectivity index (χ3n) is 4.12. The van der Waals surface area contributed by atoms with Gasteiger partial charge in [-0.1, -0.05) is 30.3 Å². The number of nitrogens with zero attached hydrogens (tertiary/aromatic N) is 4. The van der Waals surface area contributed by atoms with Gasteiger partial charge in [-0.05, 0) is 23.8 Å². The van der Waals surface area contributed by atoms with Gasteiger partial charge in [0, 0.05) is 0 Å². The van der Waals surface area contributed by atoms with Crippen molar-refractivity contribution in [3.8, 4) is 0 Å². The summed E-state index contributed by atoms with van der Waals surface area (Å²) in [6.07, 6.45) is 0. The Morgan fingerprint density at radius 3 is 2.69 bits per heavy atom. The lowest BCUT2D eigenvalue weighted by Crippen LogP contribution is -2.22. The van der Waals surface area contributed by atoms with Gasteiger partial charge in [0.2, 0.25) is 5.65 Å². The van der Waals surface area contributed by atoms with E-state index in [9.17, 15) is 9.59 Å². The topological polar surface area (TPSA) is 105 Å². The first kappa shape index (κ1) is 15.8. The van der Waals surface area contributed by atoms with Gasteiger partial charge in [-0.2, -0.15) is 0 Å². The van der Waals surface area contributed by atoms with Crippen LogP contribution in [0.5, 0.6) is 0 Å². The van der Waals surface area contributed by atoms with E-state index in [1.54, 1.807) is 18.2 Å². The Bertz CT molecular complexity index is 1190. The minimum absolute atomic E-state index is 0.146. The number of fused-ring (bicyclic) bond motifs is 3. The highest BCUT2D eigenvalue weighted by molar-refractivity contribution is 5.94. The monoisotopic (exact) mass is 349 g/mol. The lowest BCUT2D eigenvalue weighted by molar-refractivity contribution is 0.0601. The Morgan fingerprint density at radius 1 is 1.19 bits per heavy atom. The Kier molecular flexibility index (Phi) is 3.65. The molecule has 130 valence electrons. The molecule has 0 aliphatic heterocycles. The molecule has 0 saturated heterocycles. The number of hydrogen-bond donors (Lipinski definition) is 1. The minimum Gasteiger partial charge on any atom is -0.465 e. The van der Waals surface area contributed by atoms with Gasteiger partial charge >= 0.3 is 11.7 Å². The second kappa shape index (κ2) is 5.99. The predicted molar refractivity (Wildman–Crippen MR) is 96.0 cm³/mol. The summed E-state index contributed by atoms with van der Waals surface area (Å²) in [5, 5.41) is 4.32. The molecule has 2 heterocycles. The minimum atomic E-state index is -0.499. The van der Waals surface area contributed by atoms with E-state index >= 15 is 0 Å². The fourth-order valence-corrected chi connectivity index (χ4v) is 2.87. The quantitative estimate of drug-likeness (QED) is 0.562. The molecule has 0 saturated carbocycles. The van der Waals surface area contributed by atoms with Crippen molar-refractivity contribution in [2.24, 2.45) is 0 Å². The van der Waals surface area contributed by atoms with Crippen LogP contribution in [0.1, 0.15) is 15.9 Å². The van der Waals surface area contributed by atoms with Gasteiger partial charge in [-0.15, -0.1) is 5.10 Å². The van der Waals surface area contributed by atoms with E-state index in [2.05, 4.69) is 10.1 Å². The second-order valence-corrected chi connectivity index (χ2v) is 5.78.